The fourth-order valence-electron chi connectivity index (χ4n) is 5.39. The van der Waals surface area contributed by atoms with Gasteiger partial charge in [0, 0.05) is 19.6 Å². The molecule has 0 aliphatic carbocycles. The van der Waals surface area contributed by atoms with E-state index in [0.29, 0.717) is 19.6 Å². The Morgan fingerprint density at radius 3 is 2.20 bits per heavy atom. The molecule has 3 fully saturated rings. The van der Waals surface area contributed by atoms with Crippen LogP contribution in [0.15, 0.2) is 30.3 Å². The van der Waals surface area contributed by atoms with Gasteiger partial charge in [-0.1, -0.05) is 44.2 Å². The predicted molar refractivity (Wildman–Crippen MR) is 138 cm³/mol. The van der Waals surface area contributed by atoms with E-state index in [0.717, 1.165) is 5.56 Å². The van der Waals surface area contributed by atoms with Gasteiger partial charge in [-0.25, -0.2) is 0 Å². The number of hydrogen-bond acceptors (Lipinski definition) is 13. The summed E-state index contributed by atoms with van der Waals surface area (Å²) >= 11 is 0. The van der Waals surface area contributed by atoms with Crippen molar-refractivity contribution >= 4 is 0 Å². The molecule has 0 amide bonds. The molecule has 13 nitrogen and oxygen atoms in total. The zero-order chi connectivity index (χ0) is 29.0. The molecule has 0 spiro atoms. The molecule has 3 saturated heterocycles. The number of aliphatic hydroxyl groups excluding tert-OH is 7. The lowest BCUT2D eigenvalue weighted by Crippen LogP contribution is -2.65. The first-order valence-electron chi connectivity index (χ1n) is 13.7. The van der Waals surface area contributed by atoms with Gasteiger partial charge in [0.15, 0.2) is 12.6 Å². The van der Waals surface area contributed by atoms with Crippen molar-refractivity contribution in [2.24, 2.45) is 5.92 Å². The predicted octanol–water partition coefficient (Wildman–Crippen LogP) is -2.45. The first-order valence-corrected chi connectivity index (χ1v) is 13.7. The molecule has 1 aromatic carbocycles. The molecular formula is C27H43NO12. The van der Waals surface area contributed by atoms with Gasteiger partial charge in [-0.2, -0.15) is 0 Å². The maximum atomic E-state index is 11.2. The van der Waals surface area contributed by atoms with Crippen LogP contribution in [0, 0.1) is 5.92 Å². The van der Waals surface area contributed by atoms with Crippen LogP contribution in [0.2, 0.25) is 0 Å². The Kier molecular flexibility index (Phi) is 11.3. The Labute approximate surface area is 233 Å². The SMILES string of the molecule is CC(C)C1OC(COC2CN(Cc3ccccc3)CC(CO)O2)C(O)C(OC2OC(CO)C(O)C(O)C2O)C1O. The zero-order valence-electron chi connectivity index (χ0n) is 22.8. The number of benzene rings is 1. The van der Waals surface area contributed by atoms with Gasteiger partial charge >= 0.3 is 0 Å². The lowest BCUT2D eigenvalue weighted by molar-refractivity contribution is -0.345. The molecule has 7 N–H and O–H groups in total. The Morgan fingerprint density at radius 1 is 0.825 bits per heavy atom. The standard InChI is InChI=1S/C27H43NO12/c1-14(2)25-24(35)26(40-27-23(34)22(33)20(31)17(12-30)39-27)21(32)18(38-25)13-36-19-10-28(9-16(11-29)37-19)8-15-6-4-3-5-7-15/h3-7,14,16-27,29-35H,8-13H2,1-2H3. The van der Waals surface area contributed by atoms with Crippen LogP contribution in [0.1, 0.15) is 19.4 Å². The minimum absolute atomic E-state index is 0.131. The summed E-state index contributed by atoms with van der Waals surface area (Å²) in [6.45, 7) is 4.25. The van der Waals surface area contributed by atoms with Gasteiger partial charge < -0.3 is 59.4 Å². The first-order chi connectivity index (χ1) is 19.1. The highest BCUT2D eigenvalue weighted by Gasteiger charge is 2.51. The highest BCUT2D eigenvalue weighted by Crippen LogP contribution is 2.32. The van der Waals surface area contributed by atoms with Crippen LogP contribution in [0.4, 0.5) is 0 Å². The minimum Gasteiger partial charge on any atom is -0.394 e. The molecule has 3 aliphatic rings. The molecule has 12 unspecified atom stereocenters. The topological polar surface area (TPSA) is 191 Å². The second-order valence-electron chi connectivity index (χ2n) is 11.0. The smallest absolute Gasteiger partial charge is 0.187 e. The minimum atomic E-state index is -1.70. The highest BCUT2D eigenvalue weighted by molar-refractivity contribution is 5.14. The Hall–Kier alpha value is -1.30. The van der Waals surface area contributed by atoms with E-state index in [1.54, 1.807) is 0 Å². The van der Waals surface area contributed by atoms with Crippen LogP contribution < -0.4 is 0 Å². The summed E-state index contributed by atoms with van der Waals surface area (Å²) in [4.78, 5) is 2.11. The third kappa shape index (κ3) is 7.36. The summed E-state index contributed by atoms with van der Waals surface area (Å²) < 4.78 is 29.1. The number of ether oxygens (including phenoxy) is 5. The lowest BCUT2D eigenvalue weighted by atomic mass is 9.89. The molecule has 40 heavy (non-hydrogen) atoms. The summed E-state index contributed by atoms with van der Waals surface area (Å²) in [6.07, 6.45) is -14.7. The van der Waals surface area contributed by atoms with Gasteiger partial charge in [-0.3, -0.25) is 4.90 Å². The summed E-state index contributed by atoms with van der Waals surface area (Å²) in [7, 11) is 0. The Balaban J connectivity index is 1.42. The molecule has 0 saturated carbocycles. The normalized spacial score (nSPS) is 41.4. The molecule has 228 valence electrons. The average molecular weight is 574 g/mol. The van der Waals surface area contributed by atoms with E-state index in [2.05, 4.69) is 4.90 Å². The van der Waals surface area contributed by atoms with Gasteiger partial charge in [-0.05, 0) is 11.5 Å². The van der Waals surface area contributed by atoms with E-state index in [4.69, 9.17) is 23.7 Å². The van der Waals surface area contributed by atoms with Crippen LogP contribution >= 0.6 is 0 Å². The molecule has 12 atom stereocenters. The third-order valence-corrected chi connectivity index (χ3v) is 7.63. The maximum absolute atomic E-state index is 11.2. The van der Waals surface area contributed by atoms with Gasteiger partial charge in [0.2, 0.25) is 0 Å². The monoisotopic (exact) mass is 573 g/mol. The molecule has 13 heteroatoms. The van der Waals surface area contributed by atoms with Gasteiger partial charge in [0.1, 0.15) is 48.8 Å². The van der Waals surface area contributed by atoms with Crippen molar-refractivity contribution in [3.05, 3.63) is 35.9 Å². The zero-order valence-corrected chi connectivity index (χ0v) is 22.8. The van der Waals surface area contributed by atoms with Crippen LogP contribution in [-0.2, 0) is 30.2 Å². The van der Waals surface area contributed by atoms with Crippen molar-refractivity contribution in [1.29, 1.82) is 0 Å². The van der Waals surface area contributed by atoms with Crippen molar-refractivity contribution in [2.75, 3.05) is 32.9 Å². The van der Waals surface area contributed by atoms with Crippen molar-refractivity contribution in [3.63, 3.8) is 0 Å². The Morgan fingerprint density at radius 2 is 1.55 bits per heavy atom. The van der Waals surface area contributed by atoms with Gasteiger partial charge in [0.05, 0.1) is 32.0 Å². The fourth-order valence-corrected chi connectivity index (χ4v) is 5.39. The van der Waals surface area contributed by atoms with Crippen molar-refractivity contribution in [3.8, 4) is 0 Å². The van der Waals surface area contributed by atoms with Crippen LogP contribution in [0.25, 0.3) is 0 Å². The lowest BCUT2D eigenvalue weighted by Gasteiger charge is -2.47. The molecule has 3 heterocycles. The molecule has 0 aromatic heterocycles. The highest BCUT2D eigenvalue weighted by atomic mass is 16.7. The quantitative estimate of drug-likeness (QED) is 0.156. The van der Waals surface area contributed by atoms with E-state index in [9.17, 15) is 35.7 Å². The summed E-state index contributed by atoms with van der Waals surface area (Å²) in [6, 6.07) is 9.88. The van der Waals surface area contributed by atoms with E-state index < -0.39 is 80.2 Å². The van der Waals surface area contributed by atoms with Gasteiger partial charge in [-0.15, -0.1) is 0 Å². The molecule has 0 bridgehead atoms. The van der Waals surface area contributed by atoms with E-state index >= 15 is 0 Å². The number of nitrogens with zero attached hydrogens (tertiary/aromatic N) is 1. The number of morpholine rings is 1. The third-order valence-electron chi connectivity index (χ3n) is 7.63. The number of hydrogen-bond donors (Lipinski definition) is 7. The second-order valence-corrected chi connectivity index (χ2v) is 11.0. The van der Waals surface area contributed by atoms with E-state index in [1.165, 1.54) is 0 Å². The maximum Gasteiger partial charge on any atom is 0.187 e. The number of rotatable bonds is 10. The van der Waals surface area contributed by atoms with Crippen LogP contribution in [-0.4, -0.2) is 147 Å². The van der Waals surface area contributed by atoms with Crippen LogP contribution in [0.3, 0.4) is 0 Å². The molecule has 3 aliphatic heterocycles. The Bertz CT molecular complexity index is 894. The molecule has 1 aromatic rings. The average Bonchev–Trinajstić information content (AvgIpc) is 2.95. The van der Waals surface area contributed by atoms with E-state index in [1.807, 2.05) is 44.2 Å². The molecule has 0 radical (unpaired) electrons. The van der Waals surface area contributed by atoms with Crippen molar-refractivity contribution in [2.45, 2.75) is 94.0 Å². The van der Waals surface area contributed by atoms with Gasteiger partial charge in [0.25, 0.3) is 0 Å². The van der Waals surface area contributed by atoms with E-state index in [-0.39, 0.29) is 19.1 Å². The summed E-state index contributed by atoms with van der Waals surface area (Å²) in [5, 5.41) is 72.0. The largest absolute Gasteiger partial charge is 0.394 e. The molecule has 4 rings (SSSR count). The summed E-state index contributed by atoms with van der Waals surface area (Å²) in [5.41, 5.74) is 1.10. The fraction of sp³-hybridized carbons (Fsp3) is 0.778. The summed E-state index contributed by atoms with van der Waals surface area (Å²) in [5.74, 6) is -0.197. The number of aliphatic hydroxyl groups is 7. The molecular weight excluding hydrogens is 530 g/mol. The van der Waals surface area contributed by atoms with Crippen molar-refractivity contribution in [1.82, 2.24) is 4.90 Å². The first kappa shape index (κ1) is 31.6. The second kappa shape index (κ2) is 14.2. The van der Waals surface area contributed by atoms with Crippen molar-refractivity contribution < 1.29 is 59.4 Å². The van der Waals surface area contributed by atoms with Crippen LogP contribution in [0.5, 0.6) is 0 Å².